The number of carbonyl (C=O) groups excluding carboxylic acids is 2. The number of carbonyl (C=O) groups is 2. The fraction of sp³-hybridized carbons (Fsp3) is 0.235. The molecule has 1 N–H and O–H groups in total. The number of hydrogen-bond donors (Lipinski definition) is 1. The number of nitrogens with one attached hydrogen (secondary N) is 1. The van der Waals surface area contributed by atoms with Gasteiger partial charge in [0.25, 0.3) is 10.0 Å². The van der Waals surface area contributed by atoms with Crippen LogP contribution in [-0.4, -0.2) is 58.5 Å². The summed E-state index contributed by atoms with van der Waals surface area (Å²) >= 11 is 0. The second-order valence-corrected chi connectivity index (χ2v) is 12.0. The standard InChI is InChI=1S/C34H36FN3O6S/c1-4-36-34(40)30(21-25-11-7-5-8-12-25)37(23-26-15-17-27(35)18-16-26)33(39)24-38(28-13-9-6-10-14-28)45(41,42)29-19-20-31(43-2)32(22-29)44-3/h5-20,22,30H,4,21,23-24H2,1-3H3,(H,36,40). The van der Waals surface area contributed by atoms with E-state index in [4.69, 9.17) is 9.47 Å². The Morgan fingerprint density at radius 3 is 2.04 bits per heavy atom. The molecule has 0 radical (unpaired) electrons. The molecule has 4 aromatic carbocycles. The summed E-state index contributed by atoms with van der Waals surface area (Å²) in [4.78, 5) is 29.1. The molecule has 1 unspecified atom stereocenters. The average molecular weight is 634 g/mol. The Balaban J connectivity index is 1.79. The number of methoxy groups -OCH3 is 2. The topological polar surface area (TPSA) is 105 Å². The van der Waals surface area contributed by atoms with E-state index in [9.17, 15) is 22.4 Å². The Morgan fingerprint density at radius 1 is 0.822 bits per heavy atom. The lowest BCUT2D eigenvalue weighted by atomic mass is 10.0. The molecule has 0 spiro atoms. The molecule has 11 heteroatoms. The third-order valence-corrected chi connectivity index (χ3v) is 8.92. The molecule has 9 nitrogen and oxygen atoms in total. The third-order valence-electron chi connectivity index (χ3n) is 7.15. The molecule has 0 aliphatic carbocycles. The average Bonchev–Trinajstić information content (AvgIpc) is 3.06. The number of benzene rings is 4. The van der Waals surface area contributed by atoms with Crippen LogP contribution in [0.2, 0.25) is 0 Å². The van der Waals surface area contributed by atoms with Crippen molar-refractivity contribution in [3.63, 3.8) is 0 Å². The molecule has 0 fully saturated rings. The minimum Gasteiger partial charge on any atom is -0.493 e. The van der Waals surface area contributed by atoms with Crippen molar-refractivity contribution in [2.75, 3.05) is 31.6 Å². The lowest BCUT2D eigenvalue weighted by Crippen LogP contribution is -2.53. The van der Waals surface area contributed by atoms with Gasteiger partial charge in [-0.15, -0.1) is 0 Å². The highest BCUT2D eigenvalue weighted by Gasteiger charge is 2.34. The van der Waals surface area contributed by atoms with Gasteiger partial charge >= 0.3 is 0 Å². The molecule has 2 amide bonds. The first-order chi connectivity index (χ1) is 21.7. The lowest BCUT2D eigenvalue weighted by molar-refractivity contribution is -0.140. The number of sulfonamides is 1. The fourth-order valence-electron chi connectivity index (χ4n) is 4.86. The van der Waals surface area contributed by atoms with Gasteiger partial charge < -0.3 is 19.7 Å². The lowest BCUT2D eigenvalue weighted by Gasteiger charge is -2.33. The smallest absolute Gasteiger partial charge is 0.264 e. The van der Waals surface area contributed by atoms with Crippen LogP contribution >= 0.6 is 0 Å². The number of hydrogen-bond acceptors (Lipinski definition) is 6. The number of ether oxygens (including phenoxy) is 2. The van der Waals surface area contributed by atoms with Gasteiger partial charge in [-0.05, 0) is 54.4 Å². The normalized spacial score (nSPS) is 11.7. The van der Waals surface area contributed by atoms with Crippen molar-refractivity contribution < 1.29 is 31.9 Å². The highest BCUT2D eigenvalue weighted by atomic mass is 32.2. The second-order valence-electron chi connectivity index (χ2n) is 10.1. The molecule has 0 aliphatic heterocycles. The summed E-state index contributed by atoms with van der Waals surface area (Å²) in [5.41, 5.74) is 1.63. The number of nitrogens with zero attached hydrogens (tertiary/aromatic N) is 2. The summed E-state index contributed by atoms with van der Waals surface area (Å²) in [6, 6.07) is 26.3. The van der Waals surface area contributed by atoms with E-state index in [-0.39, 0.29) is 29.3 Å². The highest BCUT2D eigenvalue weighted by molar-refractivity contribution is 7.92. The Kier molecular flexibility index (Phi) is 11.2. The Morgan fingerprint density at radius 2 is 1.44 bits per heavy atom. The first-order valence-electron chi connectivity index (χ1n) is 14.3. The predicted octanol–water partition coefficient (Wildman–Crippen LogP) is 4.81. The van der Waals surface area contributed by atoms with Crippen molar-refractivity contribution in [2.45, 2.75) is 30.8 Å². The van der Waals surface area contributed by atoms with Crippen molar-refractivity contribution in [2.24, 2.45) is 0 Å². The Bertz CT molecular complexity index is 1690. The van der Waals surface area contributed by atoms with Gasteiger partial charge in [0.2, 0.25) is 11.8 Å². The van der Waals surface area contributed by atoms with E-state index in [0.717, 1.165) is 9.87 Å². The Labute approximate surface area is 263 Å². The quantitative estimate of drug-likeness (QED) is 0.214. The van der Waals surface area contributed by atoms with Crippen LogP contribution in [0.3, 0.4) is 0 Å². The number of anilines is 1. The first-order valence-corrected chi connectivity index (χ1v) is 15.8. The van der Waals surface area contributed by atoms with Gasteiger partial charge in [-0.3, -0.25) is 13.9 Å². The summed E-state index contributed by atoms with van der Waals surface area (Å²) in [6.45, 7) is 1.42. The van der Waals surface area contributed by atoms with Crippen LogP contribution in [0, 0.1) is 5.82 Å². The van der Waals surface area contributed by atoms with E-state index in [0.29, 0.717) is 17.9 Å². The monoisotopic (exact) mass is 633 g/mol. The van der Waals surface area contributed by atoms with Crippen molar-refractivity contribution in [3.05, 3.63) is 120 Å². The largest absolute Gasteiger partial charge is 0.493 e. The van der Waals surface area contributed by atoms with Gasteiger partial charge in [0, 0.05) is 25.6 Å². The molecular formula is C34H36FN3O6S. The molecule has 0 saturated heterocycles. The number of rotatable bonds is 14. The molecule has 0 heterocycles. The maximum absolute atomic E-state index is 14.4. The predicted molar refractivity (Wildman–Crippen MR) is 170 cm³/mol. The summed E-state index contributed by atoms with van der Waals surface area (Å²) in [5.74, 6) is -0.923. The van der Waals surface area contributed by atoms with E-state index in [1.165, 1.54) is 61.6 Å². The van der Waals surface area contributed by atoms with E-state index < -0.39 is 40.2 Å². The third kappa shape index (κ3) is 8.18. The molecule has 0 saturated carbocycles. The van der Waals surface area contributed by atoms with Crippen LogP contribution < -0.4 is 19.1 Å². The van der Waals surface area contributed by atoms with Crippen LogP contribution in [0.25, 0.3) is 0 Å². The maximum Gasteiger partial charge on any atom is 0.264 e. The van der Waals surface area contributed by atoms with Gasteiger partial charge in [0.05, 0.1) is 24.8 Å². The van der Waals surface area contributed by atoms with Gasteiger partial charge in [-0.25, -0.2) is 12.8 Å². The first kappa shape index (κ1) is 33.0. The summed E-state index contributed by atoms with van der Waals surface area (Å²) < 4.78 is 53.8. The summed E-state index contributed by atoms with van der Waals surface area (Å²) in [6.07, 6.45) is 0.174. The van der Waals surface area contributed by atoms with Crippen molar-refractivity contribution >= 4 is 27.5 Å². The van der Waals surface area contributed by atoms with Crippen LogP contribution in [0.4, 0.5) is 10.1 Å². The van der Waals surface area contributed by atoms with Crippen LogP contribution in [0.5, 0.6) is 11.5 Å². The van der Waals surface area contributed by atoms with E-state index >= 15 is 0 Å². The molecule has 1 atom stereocenters. The van der Waals surface area contributed by atoms with Gasteiger partial charge in [-0.2, -0.15) is 0 Å². The molecule has 0 aromatic heterocycles. The van der Waals surface area contributed by atoms with E-state index in [1.54, 1.807) is 37.3 Å². The molecule has 236 valence electrons. The number of amides is 2. The van der Waals surface area contributed by atoms with Gasteiger partial charge in [-0.1, -0.05) is 60.7 Å². The molecule has 4 aromatic rings. The fourth-order valence-corrected chi connectivity index (χ4v) is 6.29. The van der Waals surface area contributed by atoms with Crippen LogP contribution in [-0.2, 0) is 32.6 Å². The van der Waals surface area contributed by atoms with Crippen LogP contribution in [0.15, 0.2) is 108 Å². The van der Waals surface area contributed by atoms with E-state index in [1.807, 2.05) is 30.3 Å². The minimum atomic E-state index is -4.33. The second kappa shape index (κ2) is 15.2. The van der Waals surface area contributed by atoms with Gasteiger partial charge in [0.1, 0.15) is 18.4 Å². The molecular weight excluding hydrogens is 597 g/mol. The van der Waals surface area contributed by atoms with Crippen molar-refractivity contribution in [1.82, 2.24) is 10.2 Å². The molecule has 0 bridgehead atoms. The number of likely N-dealkylation sites (N-methyl/N-ethyl adjacent to an activating group) is 1. The van der Waals surface area contributed by atoms with Crippen molar-refractivity contribution in [3.8, 4) is 11.5 Å². The van der Waals surface area contributed by atoms with Crippen LogP contribution in [0.1, 0.15) is 18.1 Å². The SMILES string of the molecule is CCNC(=O)C(Cc1ccccc1)N(Cc1ccc(F)cc1)C(=O)CN(c1ccccc1)S(=O)(=O)c1ccc(OC)c(OC)c1. The van der Waals surface area contributed by atoms with Gasteiger partial charge in [0.15, 0.2) is 11.5 Å². The zero-order valence-corrected chi connectivity index (χ0v) is 26.2. The molecule has 0 aliphatic rings. The van der Waals surface area contributed by atoms with E-state index in [2.05, 4.69) is 5.32 Å². The highest BCUT2D eigenvalue weighted by Crippen LogP contribution is 2.32. The molecule has 45 heavy (non-hydrogen) atoms. The van der Waals surface area contributed by atoms with Crippen molar-refractivity contribution in [1.29, 1.82) is 0 Å². The molecule has 4 rings (SSSR count). The summed E-state index contributed by atoms with van der Waals surface area (Å²) in [7, 11) is -1.49. The number of para-hydroxylation sites is 1. The zero-order chi connectivity index (χ0) is 32.4. The summed E-state index contributed by atoms with van der Waals surface area (Å²) in [5, 5.41) is 2.81. The zero-order valence-electron chi connectivity index (χ0n) is 25.4. The number of halogens is 1. The Hall–Kier alpha value is -4.90. The minimum absolute atomic E-state index is 0.0627. The maximum atomic E-state index is 14.4.